The third-order valence-corrected chi connectivity index (χ3v) is 10.1. The molecular weight excluding hydrogens is 420 g/mol. The van der Waals surface area contributed by atoms with E-state index < -0.39 is 11.6 Å². The van der Waals surface area contributed by atoms with Crippen molar-refractivity contribution in [3.8, 4) is 0 Å². The van der Waals surface area contributed by atoms with Crippen LogP contribution in [0.5, 0.6) is 0 Å². The Morgan fingerprint density at radius 1 is 1.12 bits per heavy atom. The van der Waals surface area contributed by atoms with Crippen LogP contribution in [-0.2, 0) is 6.42 Å². The summed E-state index contributed by atoms with van der Waals surface area (Å²) < 4.78 is 28.1. The van der Waals surface area contributed by atoms with Gasteiger partial charge in [-0.05, 0) is 79.7 Å². The zero-order chi connectivity index (χ0) is 22.7. The number of hydrogen-bond acceptors (Lipinski definition) is 2. The quantitative estimate of drug-likeness (QED) is 0.339. The number of benzene rings is 1. The summed E-state index contributed by atoms with van der Waals surface area (Å²) in [6.07, 6.45) is 17.4. The normalized spacial score (nSPS) is 29.2. The van der Waals surface area contributed by atoms with Crippen LogP contribution in [0.1, 0.15) is 103 Å². The van der Waals surface area contributed by atoms with Crippen LogP contribution < -0.4 is 0 Å². The first-order valence-electron chi connectivity index (χ1n) is 13.2. The Morgan fingerprint density at radius 2 is 1.97 bits per heavy atom. The lowest BCUT2D eigenvalue weighted by Gasteiger charge is -2.54. The fourth-order valence-corrected chi connectivity index (χ4v) is 8.18. The number of unbranched alkanes of at least 4 members (excludes halogenated alkanes) is 1. The molecule has 4 heteroatoms. The lowest BCUT2D eigenvalue weighted by molar-refractivity contribution is -0.0398. The molecule has 1 aromatic heterocycles. The van der Waals surface area contributed by atoms with Gasteiger partial charge in [-0.15, -0.1) is 11.3 Å². The zero-order valence-corrected chi connectivity index (χ0v) is 21.1. The van der Waals surface area contributed by atoms with Crippen LogP contribution in [0.15, 0.2) is 12.1 Å². The van der Waals surface area contributed by atoms with Crippen LogP contribution in [0.3, 0.4) is 0 Å². The fourth-order valence-electron chi connectivity index (χ4n) is 7.20. The van der Waals surface area contributed by atoms with Gasteiger partial charge in [-0.2, -0.15) is 0 Å². The maximum Gasteiger partial charge on any atom is 0.185 e. The van der Waals surface area contributed by atoms with E-state index in [-0.39, 0.29) is 5.52 Å². The van der Waals surface area contributed by atoms with Crippen molar-refractivity contribution in [3.05, 3.63) is 28.8 Å². The van der Waals surface area contributed by atoms with Gasteiger partial charge in [-0.1, -0.05) is 65.7 Å². The van der Waals surface area contributed by atoms with Crippen molar-refractivity contribution in [1.82, 2.24) is 4.98 Å². The van der Waals surface area contributed by atoms with Gasteiger partial charge in [0.05, 0.1) is 9.71 Å². The minimum atomic E-state index is -0.806. The third-order valence-electron chi connectivity index (χ3n) is 9.06. The average molecular weight is 462 g/mol. The molecule has 2 saturated carbocycles. The standard InChI is InChI=1S/C28H41F2NS/c1-4-22-20(13-14-21-11-7-8-18-28(21,22)3)10-6-5-9-19(2)12-17-25-31-27-24(32-25)16-15-23(29)26(27)30/h15-16,19-22H,4-14,17-18H2,1-3H3. The Hall–Kier alpha value is -1.03. The van der Waals surface area contributed by atoms with Gasteiger partial charge < -0.3 is 0 Å². The summed E-state index contributed by atoms with van der Waals surface area (Å²) in [4.78, 5) is 4.36. The van der Waals surface area contributed by atoms with Crippen molar-refractivity contribution >= 4 is 21.6 Å². The predicted octanol–water partition coefficient (Wildman–Crippen LogP) is 9.34. The SMILES string of the molecule is CCC1C(CCCCC(C)CCc2nc3c(F)c(F)ccc3s2)CCC2CCCCC21C. The van der Waals surface area contributed by atoms with E-state index in [1.807, 2.05) is 0 Å². The smallest absolute Gasteiger partial charge is 0.185 e. The third kappa shape index (κ3) is 5.05. The summed E-state index contributed by atoms with van der Waals surface area (Å²) in [5.41, 5.74) is 0.813. The number of rotatable bonds is 9. The first-order valence-corrected chi connectivity index (χ1v) is 14.0. The van der Waals surface area contributed by atoms with E-state index in [9.17, 15) is 8.78 Å². The van der Waals surface area contributed by atoms with Gasteiger partial charge in [0, 0.05) is 0 Å². The van der Waals surface area contributed by atoms with Crippen molar-refractivity contribution in [2.24, 2.45) is 29.1 Å². The number of halogens is 2. The van der Waals surface area contributed by atoms with Crippen LogP contribution in [0.4, 0.5) is 8.78 Å². The van der Waals surface area contributed by atoms with Crippen LogP contribution in [0.25, 0.3) is 10.2 Å². The average Bonchev–Trinajstić information content (AvgIpc) is 3.21. The minimum absolute atomic E-state index is 0.199. The highest BCUT2D eigenvalue weighted by molar-refractivity contribution is 7.18. The molecule has 0 saturated heterocycles. The molecule has 0 amide bonds. The molecule has 0 bridgehead atoms. The van der Waals surface area contributed by atoms with Gasteiger partial charge in [-0.3, -0.25) is 0 Å². The van der Waals surface area contributed by atoms with Crippen LogP contribution in [0, 0.1) is 40.7 Å². The lowest BCUT2D eigenvalue weighted by Crippen LogP contribution is -2.45. The van der Waals surface area contributed by atoms with Crippen molar-refractivity contribution in [3.63, 3.8) is 0 Å². The molecule has 2 fully saturated rings. The van der Waals surface area contributed by atoms with E-state index in [4.69, 9.17) is 0 Å². The molecule has 5 atom stereocenters. The molecule has 2 aliphatic carbocycles. The Kier molecular flexibility index (Phi) is 7.90. The van der Waals surface area contributed by atoms with Crippen molar-refractivity contribution in [1.29, 1.82) is 0 Å². The number of aryl methyl sites for hydroxylation is 1. The molecule has 1 heterocycles. The monoisotopic (exact) mass is 461 g/mol. The van der Waals surface area contributed by atoms with Crippen molar-refractivity contribution in [2.75, 3.05) is 0 Å². The first kappa shape index (κ1) is 24.1. The summed E-state index contributed by atoms with van der Waals surface area (Å²) in [5, 5.41) is 0.930. The molecule has 2 aromatic rings. The van der Waals surface area contributed by atoms with Crippen molar-refractivity contribution in [2.45, 2.75) is 104 Å². The van der Waals surface area contributed by atoms with Gasteiger partial charge in [0.25, 0.3) is 0 Å². The van der Waals surface area contributed by atoms with E-state index in [0.29, 0.717) is 11.3 Å². The molecule has 0 radical (unpaired) electrons. The van der Waals surface area contributed by atoms with Gasteiger partial charge in [-0.25, -0.2) is 13.8 Å². The summed E-state index contributed by atoms with van der Waals surface area (Å²) in [5.74, 6) is 1.90. The molecule has 0 spiro atoms. The lowest BCUT2D eigenvalue weighted by atomic mass is 9.51. The molecule has 0 N–H and O–H groups in total. The number of fused-ring (bicyclic) bond motifs is 2. The van der Waals surface area contributed by atoms with Gasteiger partial charge in [0.1, 0.15) is 5.52 Å². The summed E-state index contributed by atoms with van der Waals surface area (Å²) in [7, 11) is 0. The van der Waals surface area contributed by atoms with E-state index in [2.05, 4.69) is 25.8 Å². The second kappa shape index (κ2) is 10.5. The van der Waals surface area contributed by atoms with E-state index in [1.54, 1.807) is 6.07 Å². The molecule has 1 nitrogen and oxygen atoms in total. The molecule has 5 unspecified atom stereocenters. The van der Waals surface area contributed by atoms with E-state index in [1.165, 1.54) is 88.0 Å². The second-order valence-electron chi connectivity index (χ2n) is 11.0. The second-order valence-corrected chi connectivity index (χ2v) is 12.2. The molecule has 2 aliphatic rings. The molecule has 0 aliphatic heterocycles. The first-order chi connectivity index (χ1) is 15.4. The largest absolute Gasteiger partial charge is 0.238 e. The van der Waals surface area contributed by atoms with Gasteiger partial charge in [0.2, 0.25) is 0 Å². The highest BCUT2D eigenvalue weighted by Crippen LogP contribution is 2.57. The Morgan fingerprint density at radius 3 is 2.78 bits per heavy atom. The molecule has 4 rings (SSSR count). The zero-order valence-electron chi connectivity index (χ0n) is 20.3. The Labute approximate surface area is 197 Å². The topological polar surface area (TPSA) is 12.9 Å². The highest BCUT2D eigenvalue weighted by atomic mass is 32.1. The highest BCUT2D eigenvalue weighted by Gasteiger charge is 2.47. The van der Waals surface area contributed by atoms with Gasteiger partial charge >= 0.3 is 0 Å². The number of thiazole rings is 1. The maximum absolute atomic E-state index is 13.9. The summed E-state index contributed by atoms with van der Waals surface area (Å²) in [6, 6.07) is 2.84. The predicted molar refractivity (Wildman–Crippen MR) is 132 cm³/mol. The van der Waals surface area contributed by atoms with E-state index >= 15 is 0 Å². The molecule has 1 aromatic carbocycles. The molecule has 32 heavy (non-hydrogen) atoms. The van der Waals surface area contributed by atoms with Crippen molar-refractivity contribution < 1.29 is 8.78 Å². The summed E-state index contributed by atoms with van der Waals surface area (Å²) >= 11 is 1.50. The number of hydrogen-bond donors (Lipinski definition) is 0. The molecule has 178 valence electrons. The summed E-state index contributed by atoms with van der Waals surface area (Å²) in [6.45, 7) is 7.39. The Balaban J connectivity index is 1.20. The minimum Gasteiger partial charge on any atom is -0.238 e. The van der Waals surface area contributed by atoms with Crippen LogP contribution in [0.2, 0.25) is 0 Å². The van der Waals surface area contributed by atoms with Gasteiger partial charge in [0.15, 0.2) is 11.6 Å². The molecular formula is C28H41F2NS. The number of aromatic nitrogens is 1. The number of nitrogens with zero attached hydrogens (tertiary/aromatic N) is 1. The van der Waals surface area contributed by atoms with Crippen LogP contribution in [-0.4, -0.2) is 4.98 Å². The Bertz CT molecular complexity index is 893. The van der Waals surface area contributed by atoms with Crippen LogP contribution >= 0.6 is 11.3 Å². The maximum atomic E-state index is 13.9. The fraction of sp³-hybridized carbons (Fsp3) is 0.750. The van der Waals surface area contributed by atoms with E-state index in [0.717, 1.165) is 40.3 Å².